The lowest BCUT2D eigenvalue weighted by Gasteiger charge is -2.27. The second kappa shape index (κ2) is 11.2. The van der Waals surface area contributed by atoms with Crippen LogP contribution in [0.4, 0.5) is 0 Å². The summed E-state index contributed by atoms with van der Waals surface area (Å²) >= 11 is 1.64. The molecule has 3 rings (SSSR count). The first-order valence-electron chi connectivity index (χ1n) is 9.14. The monoisotopic (exact) mass is 422 g/mol. The molecule has 0 aliphatic carbocycles. The molecule has 0 bridgehead atoms. The molecule has 0 spiro atoms. The molecule has 2 N–H and O–H groups in total. The molecule has 0 fully saturated rings. The van der Waals surface area contributed by atoms with Crippen molar-refractivity contribution < 1.29 is 14.3 Å². The zero-order valence-corrected chi connectivity index (χ0v) is 17.8. The SMILES string of the molecule is COc1ccc(SCCC(=O)NCC2NCCc3ccccc32)cc1OC.Cl. The first-order valence-corrected chi connectivity index (χ1v) is 10.1. The summed E-state index contributed by atoms with van der Waals surface area (Å²) in [5.74, 6) is 2.21. The number of hydrogen-bond donors (Lipinski definition) is 2. The zero-order valence-electron chi connectivity index (χ0n) is 16.2. The van der Waals surface area contributed by atoms with Gasteiger partial charge in [-0.2, -0.15) is 0 Å². The maximum absolute atomic E-state index is 12.2. The van der Waals surface area contributed by atoms with E-state index in [4.69, 9.17) is 9.47 Å². The Hall–Kier alpha value is -1.89. The van der Waals surface area contributed by atoms with Crippen LogP contribution < -0.4 is 20.1 Å². The topological polar surface area (TPSA) is 59.6 Å². The molecule has 5 nitrogen and oxygen atoms in total. The highest BCUT2D eigenvalue weighted by Gasteiger charge is 2.19. The van der Waals surface area contributed by atoms with E-state index in [0.717, 1.165) is 23.6 Å². The fraction of sp³-hybridized carbons (Fsp3) is 0.381. The molecule has 2 aromatic carbocycles. The molecule has 28 heavy (non-hydrogen) atoms. The van der Waals surface area contributed by atoms with Gasteiger partial charge in [0.25, 0.3) is 0 Å². The van der Waals surface area contributed by atoms with Crippen LogP contribution in [0.15, 0.2) is 47.4 Å². The first kappa shape index (κ1) is 22.4. The van der Waals surface area contributed by atoms with Gasteiger partial charge >= 0.3 is 0 Å². The minimum atomic E-state index is 0. The van der Waals surface area contributed by atoms with Gasteiger partial charge in [-0.1, -0.05) is 24.3 Å². The van der Waals surface area contributed by atoms with Crippen LogP contribution in [0.2, 0.25) is 0 Å². The molecule has 0 aromatic heterocycles. The second-order valence-corrected chi connectivity index (χ2v) is 7.54. The maximum Gasteiger partial charge on any atom is 0.220 e. The summed E-state index contributed by atoms with van der Waals surface area (Å²) in [5, 5.41) is 6.55. The van der Waals surface area contributed by atoms with E-state index in [1.54, 1.807) is 26.0 Å². The van der Waals surface area contributed by atoms with E-state index in [0.29, 0.717) is 24.5 Å². The van der Waals surface area contributed by atoms with E-state index in [-0.39, 0.29) is 24.4 Å². The molecule has 1 unspecified atom stereocenters. The Morgan fingerprint density at radius 1 is 1.18 bits per heavy atom. The molecule has 1 aliphatic heterocycles. The average molecular weight is 423 g/mol. The van der Waals surface area contributed by atoms with Crippen molar-refractivity contribution in [1.29, 1.82) is 0 Å². The normalized spacial score (nSPS) is 15.1. The number of ether oxygens (including phenoxy) is 2. The Labute approximate surface area is 177 Å². The Kier molecular flexibility index (Phi) is 8.96. The van der Waals surface area contributed by atoms with Gasteiger partial charge in [0.05, 0.1) is 14.2 Å². The molecule has 7 heteroatoms. The lowest BCUT2D eigenvalue weighted by Crippen LogP contribution is -2.38. The number of halogens is 1. The number of carbonyl (C=O) groups is 1. The van der Waals surface area contributed by atoms with Crippen molar-refractivity contribution in [3.05, 3.63) is 53.6 Å². The summed E-state index contributed by atoms with van der Waals surface area (Å²) in [4.78, 5) is 13.3. The molecule has 1 aliphatic rings. The number of nitrogens with one attached hydrogen (secondary N) is 2. The van der Waals surface area contributed by atoms with Crippen LogP contribution in [-0.4, -0.2) is 39.0 Å². The van der Waals surface area contributed by atoms with Crippen LogP contribution in [-0.2, 0) is 11.2 Å². The van der Waals surface area contributed by atoms with Crippen molar-refractivity contribution in [2.45, 2.75) is 23.8 Å². The van der Waals surface area contributed by atoms with Gasteiger partial charge in [-0.15, -0.1) is 24.2 Å². The van der Waals surface area contributed by atoms with Crippen molar-refractivity contribution in [1.82, 2.24) is 10.6 Å². The number of carbonyl (C=O) groups excluding carboxylic acids is 1. The molecule has 1 amide bonds. The predicted octanol–water partition coefficient (Wildman–Crippen LogP) is 3.61. The van der Waals surface area contributed by atoms with Gasteiger partial charge in [-0.05, 0) is 42.3 Å². The number of hydrogen-bond acceptors (Lipinski definition) is 5. The largest absolute Gasteiger partial charge is 0.493 e. The van der Waals surface area contributed by atoms with Crippen molar-refractivity contribution in [3.8, 4) is 11.5 Å². The predicted molar refractivity (Wildman–Crippen MR) is 116 cm³/mol. The van der Waals surface area contributed by atoms with Crippen molar-refractivity contribution in [3.63, 3.8) is 0 Å². The number of fused-ring (bicyclic) bond motifs is 1. The fourth-order valence-electron chi connectivity index (χ4n) is 3.25. The highest BCUT2D eigenvalue weighted by atomic mass is 35.5. The highest BCUT2D eigenvalue weighted by Crippen LogP contribution is 2.32. The van der Waals surface area contributed by atoms with E-state index in [9.17, 15) is 4.79 Å². The van der Waals surface area contributed by atoms with Crippen molar-refractivity contribution in [2.24, 2.45) is 0 Å². The third kappa shape index (κ3) is 5.80. The van der Waals surface area contributed by atoms with E-state index in [1.165, 1.54) is 11.1 Å². The lowest BCUT2D eigenvalue weighted by atomic mass is 9.94. The number of rotatable bonds is 8. The molecule has 152 valence electrons. The molecule has 1 heterocycles. The molecule has 0 saturated carbocycles. The van der Waals surface area contributed by atoms with E-state index >= 15 is 0 Å². The van der Waals surface area contributed by atoms with Gasteiger partial charge in [-0.3, -0.25) is 4.79 Å². The van der Waals surface area contributed by atoms with Crippen molar-refractivity contribution in [2.75, 3.05) is 33.1 Å². The van der Waals surface area contributed by atoms with Gasteiger partial charge in [0, 0.05) is 29.7 Å². The Morgan fingerprint density at radius 2 is 1.96 bits per heavy atom. The van der Waals surface area contributed by atoms with Crippen molar-refractivity contribution >= 4 is 30.1 Å². The van der Waals surface area contributed by atoms with E-state index in [1.807, 2.05) is 18.2 Å². The van der Waals surface area contributed by atoms with E-state index < -0.39 is 0 Å². The summed E-state index contributed by atoms with van der Waals surface area (Å²) in [5.41, 5.74) is 2.67. The number of thioether (sulfide) groups is 1. The van der Waals surface area contributed by atoms with Crippen LogP contribution in [0.25, 0.3) is 0 Å². The number of methoxy groups -OCH3 is 2. The fourth-order valence-corrected chi connectivity index (χ4v) is 4.12. The minimum Gasteiger partial charge on any atom is -0.493 e. The third-order valence-electron chi connectivity index (χ3n) is 4.67. The Morgan fingerprint density at radius 3 is 2.75 bits per heavy atom. The van der Waals surface area contributed by atoms with Crippen LogP contribution in [0.3, 0.4) is 0 Å². The van der Waals surface area contributed by atoms with Crippen LogP contribution in [0.1, 0.15) is 23.6 Å². The maximum atomic E-state index is 12.2. The summed E-state index contributed by atoms with van der Waals surface area (Å²) in [6.07, 6.45) is 1.52. The Bertz CT molecular complexity index is 788. The molecule has 1 atom stereocenters. The zero-order chi connectivity index (χ0) is 19.1. The second-order valence-electron chi connectivity index (χ2n) is 6.37. The average Bonchev–Trinajstić information content (AvgIpc) is 2.72. The third-order valence-corrected chi connectivity index (χ3v) is 5.67. The first-order chi connectivity index (χ1) is 13.2. The quantitative estimate of drug-likeness (QED) is 0.636. The summed E-state index contributed by atoms with van der Waals surface area (Å²) < 4.78 is 10.6. The van der Waals surface area contributed by atoms with Crippen LogP contribution in [0, 0.1) is 0 Å². The summed E-state index contributed by atoms with van der Waals surface area (Å²) in [6.45, 7) is 1.57. The molecular weight excluding hydrogens is 396 g/mol. The molecule has 0 saturated heterocycles. The highest BCUT2D eigenvalue weighted by molar-refractivity contribution is 7.99. The molecule has 2 aromatic rings. The summed E-state index contributed by atoms with van der Waals surface area (Å²) in [7, 11) is 3.24. The van der Waals surface area contributed by atoms with Gasteiger partial charge in [-0.25, -0.2) is 0 Å². The number of benzene rings is 2. The van der Waals surface area contributed by atoms with Gasteiger partial charge < -0.3 is 20.1 Å². The molecule has 0 radical (unpaired) electrons. The van der Waals surface area contributed by atoms with Crippen LogP contribution >= 0.6 is 24.2 Å². The van der Waals surface area contributed by atoms with Gasteiger partial charge in [0.2, 0.25) is 5.91 Å². The van der Waals surface area contributed by atoms with Crippen LogP contribution in [0.5, 0.6) is 11.5 Å². The standard InChI is InChI=1S/C21H26N2O3S.ClH/c1-25-19-8-7-16(13-20(19)26-2)27-12-10-21(24)23-14-18-17-6-4-3-5-15(17)9-11-22-18;/h3-8,13,18,22H,9-12,14H2,1-2H3,(H,23,24);1H. The Balaban J connectivity index is 0.00000280. The lowest BCUT2D eigenvalue weighted by molar-refractivity contribution is -0.120. The minimum absolute atomic E-state index is 0. The van der Waals surface area contributed by atoms with Gasteiger partial charge in [0.1, 0.15) is 0 Å². The molecular formula is C21H27ClN2O3S. The van der Waals surface area contributed by atoms with E-state index in [2.05, 4.69) is 34.9 Å². The smallest absolute Gasteiger partial charge is 0.220 e. The summed E-state index contributed by atoms with van der Waals surface area (Å²) in [6, 6.07) is 14.4. The van der Waals surface area contributed by atoms with Gasteiger partial charge in [0.15, 0.2) is 11.5 Å². The number of amides is 1.